The Labute approximate surface area is 142 Å². The summed E-state index contributed by atoms with van der Waals surface area (Å²) in [5.41, 5.74) is 0.546. The van der Waals surface area contributed by atoms with Crippen molar-refractivity contribution >= 4 is 17.7 Å². The number of hydrogen-bond donors (Lipinski definition) is 0. The molecule has 0 saturated carbocycles. The smallest absolute Gasteiger partial charge is 0.254 e. The summed E-state index contributed by atoms with van der Waals surface area (Å²) >= 11 is 1.53. The van der Waals surface area contributed by atoms with Crippen molar-refractivity contribution in [3.05, 3.63) is 58.9 Å². The summed E-state index contributed by atoms with van der Waals surface area (Å²) in [5, 5.41) is 0. The topological polar surface area (TPSA) is 29.5 Å². The van der Waals surface area contributed by atoms with Crippen molar-refractivity contribution in [2.45, 2.75) is 11.4 Å². The number of benzene rings is 2. The zero-order valence-corrected chi connectivity index (χ0v) is 14.2. The van der Waals surface area contributed by atoms with E-state index in [1.165, 1.54) is 23.7 Å². The Balaban J connectivity index is 2.20. The fourth-order valence-corrected chi connectivity index (χ4v) is 2.77. The summed E-state index contributed by atoms with van der Waals surface area (Å²) in [7, 11) is 3.05. The van der Waals surface area contributed by atoms with Crippen molar-refractivity contribution in [3.8, 4) is 5.75 Å². The molecule has 128 valence electrons. The van der Waals surface area contributed by atoms with Crippen molar-refractivity contribution in [2.75, 3.05) is 20.4 Å². The third-order valence-electron chi connectivity index (χ3n) is 3.45. The highest BCUT2D eigenvalue weighted by Crippen LogP contribution is 2.28. The van der Waals surface area contributed by atoms with E-state index < -0.39 is 23.4 Å². The minimum Gasteiger partial charge on any atom is -0.496 e. The lowest BCUT2D eigenvalue weighted by atomic mass is 10.1. The van der Waals surface area contributed by atoms with Gasteiger partial charge in [0.25, 0.3) is 5.91 Å². The number of hydrogen-bond acceptors (Lipinski definition) is 3. The molecule has 0 radical (unpaired) electrons. The van der Waals surface area contributed by atoms with Gasteiger partial charge in [0.05, 0.1) is 7.11 Å². The van der Waals surface area contributed by atoms with Crippen LogP contribution in [0.2, 0.25) is 0 Å². The first-order valence-electron chi connectivity index (χ1n) is 6.98. The van der Waals surface area contributed by atoms with Gasteiger partial charge >= 0.3 is 0 Å². The summed E-state index contributed by atoms with van der Waals surface area (Å²) in [6.07, 6.45) is 1.92. The van der Waals surface area contributed by atoms with Gasteiger partial charge < -0.3 is 9.64 Å². The van der Waals surface area contributed by atoms with Gasteiger partial charge in [-0.1, -0.05) is 6.07 Å². The van der Waals surface area contributed by atoms with Gasteiger partial charge in [-0.25, -0.2) is 13.2 Å². The van der Waals surface area contributed by atoms with Crippen LogP contribution < -0.4 is 4.74 Å². The molecular weight excluding hydrogens is 339 g/mol. The maximum atomic E-state index is 13.3. The Hall–Kier alpha value is -2.15. The van der Waals surface area contributed by atoms with Crippen LogP contribution in [0.25, 0.3) is 0 Å². The normalized spacial score (nSPS) is 10.6. The van der Waals surface area contributed by atoms with Crippen LogP contribution >= 0.6 is 11.8 Å². The molecule has 0 spiro atoms. The van der Waals surface area contributed by atoms with E-state index in [2.05, 4.69) is 0 Å². The Kier molecular flexibility index (Phi) is 5.77. The number of amides is 1. The Morgan fingerprint density at radius 3 is 2.33 bits per heavy atom. The molecule has 0 unspecified atom stereocenters. The molecule has 0 heterocycles. The molecule has 7 heteroatoms. The highest BCUT2D eigenvalue weighted by molar-refractivity contribution is 7.98. The minimum absolute atomic E-state index is 0.213. The van der Waals surface area contributed by atoms with Gasteiger partial charge in [-0.15, -0.1) is 11.8 Å². The second-order valence-electron chi connectivity index (χ2n) is 5.10. The van der Waals surface area contributed by atoms with Crippen molar-refractivity contribution in [3.63, 3.8) is 0 Å². The second-order valence-corrected chi connectivity index (χ2v) is 5.95. The van der Waals surface area contributed by atoms with E-state index in [9.17, 15) is 18.0 Å². The molecule has 0 fully saturated rings. The lowest BCUT2D eigenvalue weighted by Gasteiger charge is -2.18. The maximum absolute atomic E-state index is 13.3. The molecule has 0 N–H and O–H groups in total. The second kappa shape index (κ2) is 7.61. The van der Waals surface area contributed by atoms with E-state index in [0.29, 0.717) is 17.9 Å². The van der Waals surface area contributed by atoms with Crippen LogP contribution in [0, 0.1) is 17.5 Å². The molecular formula is C17H16F3NO2S. The average Bonchev–Trinajstić information content (AvgIpc) is 2.58. The molecule has 2 aromatic rings. The zero-order chi connectivity index (χ0) is 17.9. The van der Waals surface area contributed by atoms with Crippen LogP contribution in [0.3, 0.4) is 0 Å². The predicted octanol–water partition coefficient (Wildman–Crippen LogP) is 4.11. The molecule has 1 amide bonds. The van der Waals surface area contributed by atoms with Gasteiger partial charge in [-0.2, -0.15) is 0 Å². The molecule has 2 rings (SSSR count). The van der Waals surface area contributed by atoms with Gasteiger partial charge in [0.15, 0.2) is 17.5 Å². The van der Waals surface area contributed by atoms with Crippen LogP contribution in [0.1, 0.15) is 15.9 Å². The van der Waals surface area contributed by atoms with Gasteiger partial charge in [0.1, 0.15) is 5.75 Å². The highest BCUT2D eigenvalue weighted by atomic mass is 32.2. The molecule has 0 aliphatic heterocycles. The Morgan fingerprint density at radius 2 is 1.79 bits per heavy atom. The monoisotopic (exact) mass is 355 g/mol. The van der Waals surface area contributed by atoms with Crippen LogP contribution in [0.15, 0.2) is 35.2 Å². The third-order valence-corrected chi connectivity index (χ3v) is 4.22. The van der Waals surface area contributed by atoms with Crippen molar-refractivity contribution in [1.82, 2.24) is 4.90 Å². The molecule has 0 atom stereocenters. The zero-order valence-electron chi connectivity index (χ0n) is 13.4. The summed E-state index contributed by atoms with van der Waals surface area (Å²) in [6, 6.07) is 6.88. The predicted molar refractivity (Wildman–Crippen MR) is 86.9 cm³/mol. The van der Waals surface area contributed by atoms with Crippen LogP contribution in [0.4, 0.5) is 13.2 Å². The molecule has 24 heavy (non-hydrogen) atoms. The van der Waals surface area contributed by atoms with Crippen LogP contribution in [-0.4, -0.2) is 31.2 Å². The van der Waals surface area contributed by atoms with Gasteiger partial charge in [-0.3, -0.25) is 4.79 Å². The average molecular weight is 355 g/mol. The molecule has 2 aromatic carbocycles. The number of halogens is 3. The van der Waals surface area contributed by atoms with E-state index in [4.69, 9.17) is 4.74 Å². The van der Waals surface area contributed by atoms with Crippen molar-refractivity contribution in [2.24, 2.45) is 0 Å². The molecule has 3 nitrogen and oxygen atoms in total. The number of methoxy groups -OCH3 is 1. The first kappa shape index (κ1) is 18.2. The summed E-state index contributed by atoms with van der Waals surface area (Å²) < 4.78 is 44.8. The fraction of sp³-hybridized carbons (Fsp3) is 0.235. The quantitative estimate of drug-likeness (QED) is 0.597. The minimum atomic E-state index is -1.59. The first-order chi connectivity index (χ1) is 11.4. The van der Waals surface area contributed by atoms with E-state index in [1.54, 1.807) is 13.2 Å². The standard InChI is InChI=1S/C17H16F3NO2S/c1-21(9-10-4-5-15(24-3)14(6-10)23-2)17(22)11-7-12(18)16(20)13(19)8-11/h4-8H,9H2,1-3H3. The largest absolute Gasteiger partial charge is 0.496 e. The molecule has 0 bridgehead atoms. The van der Waals surface area contributed by atoms with E-state index in [1.807, 2.05) is 18.4 Å². The van der Waals surface area contributed by atoms with Crippen molar-refractivity contribution < 1.29 is 22.7 Å². The number of carbonyl (C=O) groups excluding carboxylic acids is 1. The number of thioether (sulfide) groups is 1. The number of rotatable bonds is 5. The van der Waals surface area contributed by atoms with Gasteiger partial charge in [0.2, 0.25) is 0 Å². The van der Waals surface area contributed by atoms with Gasteiger partial charge in [0, 0.05) is 24.1 Å². The summed E-state index contributed by atoms with van der Waals surface area (Å²) in [4.78, 5) is 14.5. The Bertz CT molecular complexity index is 744. The number of ether oxygens (including phenoxy) is 1. The third kappa shape index (κ3) is 3.84. The lowest BCUT2D eigenvalue weighted by Crippen LogP contribution is -2.26. The van der Waals surface area contributed by atoms with E-state index in [-0.39, 0.29) is 12.1 Å². The van der Waals surface area contributed by atoms with Crippen LogP contribution in [-0.2, 0) is 6.54 Å². The van der Waals surface area contributed by atoms with E-state index in [0.717, 1.165) is 10.5 Å². The molecule has 0 aliphatic carbocycles. The SMILES string of the molecule is COc1cc(CN(C)C(=O)c2cc(F)c(F)c(F)c2)ccc1SC. The maximum Gasteiger partial charge on any atom is 0.254 e. The lowest BCUT2D eigenvalue weighted by molar-refractivity contribution is 0.0783. The highest BCUT2D eigenvalue weighted by Gasteiger charge is 2.18. The fourth-order valence-electron chi connectivity index (χ4n) is 2.22. The van der Waals surface area contributed by atoms with Crippen LogP contribution in [0.5, 0.6) is 5.75 Å². The summed E-state index contributed by atoms with van der Waals surface area (Å²) in [6.45, 7) is 0.213. The summed E-state index contributed by atoms with van der Waals surface area (Å²) in [5.74, 6) is -4.30. The Morgan fingerprint density at radius 1 is 1.17 bits per heavy atom. The van der Waals surface area contributed by atoms with E-state index >= 15 is 0 Å². The number of nitrogens with zero attached hydrogens (tertiary/aromatic N) is 1. The molecule has 0 aliphatic rings. The van der Waals surface area contributed by atoms with Crippen molar-refractivity contribution in [1.29, 1.82) is 0 Å². The molecule has 0 aromatic heterocycles. The molecule has 0 saturated heterocycles. The van der Waals surface area contributed by atoms with Gasteiger partial charge in [-0.05, 0) is 36.1 Å². The first-order valence-corrected chi connectivity index (χ1v) is 8.20. The number of carbonyl (C=O) groups is 1.